The number of aryl methyl sites for hydroxylation is 1. The number of imidazole rings is 1. The fourth-order valence-electron chi connectivity index (χ4n) is 7.05. The molecule has 3 aromatic carbocycles. The smallest absolute Gasteiger partial charge is 0.410 e. The molecule has 1 amide bonds. The average Bonchev–Trinajstić information content (AvgIpc) is 3.98. The summed E-state index contributed by atoms with van der Waals surface area (Å²) in [6.45, 7) is 8.30. The van der Waals surface area contributed by atoms with Gasteiger partial charge in [-0.2, -0.15) is 24.7 Å². The molecule has 0 unspecified atom stereocenters. The number of rotatable bonds is 15. The van der Waals surface area contributed by atoms with Crippen molar-refractivity contribution in [1.29, 1.82) is 0 Å². The van der Waals surface area contributed by atoms with E-state index in [0.29, 0.717) is 79.0 Å². The Morgan fingerprint density at radius 2 is 1.65 bits per heavy atom. The van der Waals surface area contributed by atoms with E-state index in [1.165, 1.54) is 0 Å². The Balaban J connectivity index is 1.18. The third-order valence-corrected chi connectivity index (χ3v) is 12.3. The Hall–Kier alpha value is -5.68. The largest absolute Gasteiger partial charge is 0.497 e. The second-order valence-corrected chi connectivity index (χ2v) is 18.7. The molecule has 0 spiro atoms. The van der Waals surface area contributed by atoms with Crippen molar-refractivity contribution in [2.24, 2.45) is 7.05 Å². The van der Waals surface area contributed by atoms with Gasteiger partial charge in [-0.25, -0.2) is 9.78 Å². The Morgan fingerprint density at radius 1 is 0.883 bits per heavy atom. The van der Waals surface area contributed by atoms with Crippen LogP contribution in [0.3, 0.4) is 0 Å². The van der Waals surface area contributed by atoms with Gasteiger partial charge >= 0.3 is 6.09 Å². The first-order valence-corrected chi connectivity index (χ1v) is 23.1. The zero-order chi connectivity index (χ0) is 41.8. The van der Waals surface area contributed by atoms with Crippen LogP contribution in [0.15, 0.2) is 85.3 Å². The van der Waals surface area contributed by atoms with E-state index in [4.69, 9.17) is 57.5 Å². The van der Waals surface area contributed by atoms with E-state index in [9.17, 15) is 4.79 Å². The van der Waals surface area contributed by atoms with Crippen molar-refractivity contribution in [2.75, 3.05) is 49.7 Å². The molecule has 0 N–H and O–H groups in total. The van der Waals surface area contributed by atoms with Crippen LogP contribution in [-0.4, -0.2) is 98.6 Å². The van der Waals surface area contributed by atoms with Crippen LogP contribution < -0.4 is 14.5 Å². The number of ether oxygens (including phenoxy) is 3. The lowest BCUT2D eigenvalue weighted by Crippen LogP contribution is -2.49. The molecule has 7 aromatic rings. The fourth-order valence-corrected chi connectivity index (χ4v) is 7.92. The first-order valence-electron chi connectivity index (χ1n) is 19.7. The number of aromatic nitrogens is 8. The summed E-state index contributed by atoms with van der Waals surface area (Å²) in [5.41, 5.74) is 5.75. The number of halogens is 2. The summed E-state index contributed by atoms with van der Waals surface area (Å²) in [5, 5.41) is 10.2. The van der Waals surface area contributed by atoms with Crippen molar-refractivity contribution < 1.29 is 19.0 Å². The topological polar surface area (TPSA) is 133 Å². The minimum atomic E-state index is -0.468. The molecule has 1 fully saturated rings. The number of nitrogens with zero attached hydrogens (tertiary/aromatic N) is 11. The molecule has 1 aliphatic heterocycles. The highest BCUT2D eigenvalue weighted by Gasteiger charge is 2.28. The van der Waals surface area contributed by atoms with E-state index in [1.54, 1.807) is 39.7 Å². The van der Waals surface area contributed by atoms with Gasteiger partial charge in [-0.1, -0.05) is 78.8 Å². The maximum atomic E-state index is 13.1. The standard InChI is InChI=1S/C42H46Cl2N11O4Si/c1-50-25-31(22-45-50)33-23-46-55-39(33)48-40(51-14-16-52(17-15-51)42(56)59-27-30-8-6-5-7-9-30)49-41(55)53(24-29-10-12-32(57-2)13-11-29)26-38-47-36-20-34(43)35(44)21-37(36)54(38)28-58-18-19-60(3)4/h5-13,20-23,25H,14-19,24,26-28H2,1-4H3. The number of carbonyl (C=O) groups is 1. The molecule has 15 nitrogen and oxygen atoms in total. The molecule has 1 aliphatic rings. The monoisotopic (exact) mass is 866 g/mol. The summed E-state index contributed by atoms with van der Waals surface area (Å²) in [6, 6.07) is 22.3. The molecule has 1 saturated heterocycles. The minimum Gasteiger partial charge on any atom is -0.497 e. The Morgan fingerprint density at radius 3 is 2.37 bits per heavy atom. The quantitative estimate of drug-likeness (QED) is 0.0746. The number of hydrogen-bond donors (Lipinski definition) is 0. The van der Waals surface area contributed by atoms with Gasteiger partial charge in [0, 0.05) is 72.5 Å². The van der Waals surface area contributed by atoms with Gasteiger partial charge in [0.1, 0.15) is 24.9 Å². The van der Waals surface area contributed by atoms with Gasteiger partial charge in [0.2, 0.25) is 11.9 Å². The Kier molecular flexibility index (Phi) is 12.5. The van der Waals surface area contributed by atoms with Gasteiger partial charge in [-0.15, -0.1) is 0 Å². The van der Waals surface area contributed by atoms with Crippen LogP contribution in [0.25, 0.3) is 27.8 Å². The molecule has 8 rings (SSSR count). The van der Waals surface area contributed by atoms with Crippen molar-refractivity contribution in [3.8, 4) is 16.9 Å². The minimum absolute atomic E-state index is 0.213. The molecule has 18 heteroatoms. The molecule has 0 saturated carbocycles. The van der Waals surface area contributed by atoms with Crippen molar-refractivity contribution >= 4 is 66.7 Å². The second-order valence-electron chi connectivity index (χ2n) is 14.9. The number of carbonyl (C=O) groups excluding carboxylic acids is 1. The number of amides is 1. The lowest BCUT2D eigenvalue weighted by atomic mass is 10.2. The van der Waals surface area contributed by atoms with Crippen molar-refractivity contribution in [3.63, 3.8) is 0 Å². The zero-order valence-corrected chi connectivity index (χ0v) is 36.5. The molecule has 5 heterocycles. The predicted molar refractivity (Wildman–Crippen MR) is 234 cm³/mol. The molecule has 311 valence electrons. The van der Waals surface area contributed by atoms with E-state index in [1.807, 2.05) is 73.9 Å². The lowest BCUT2D eigenvalue weighted by molar-refractivity contribution is 0.0882. The second kappa shape index (κ2) is 18.3. The molecular formula is C42H46Cl2N11O4Si. The van der Waals surface area contributed by atoms with Crippen LogP contribution >= 0.6 is 23.2 Å². The molecule has 1 radical (unpaired) electrons. The summed E-state index contributed by atoms with van der Waals surface area (Å²) in [4.78, 5) is 34.6. The van der Waals surface area contributed by atoms with Crippen LogP contribution in [0.1, 0.15) is 17.0 Å². The van der Waals surface area contributed by atoms with Crippen LogP contribution in [-0.2, 0) is 42.9 Å². The summed E-state index contributed by atoms with van der Waals surface area (Å²) in [5.74, 6) is 2.54. The number of anilines is 2. The Bertz CT molecular complexity index is 2570. The van der Waals surface area contributed by atoms with Crippen LogP contribution in [0.4, 0.5) is 16.7 Å². The highest BCUT2D eigenvalue weighted by atomic mass is 35.5. The number of piperazine rings is 1. The summed E-state index contributed by atoms with van der Waals surface area (Å²) >= 11 is 13.1. The zero-order valence-electron chi connectivity index (χ0n) is 34.0. The summed E-state index contributed by atoms with van der Waals surface area (Å²) < 4.78 is 23.0. The van der Waals surface area contributed by atoms with E-state index in [0.717, 1.165) is 45.4 Å². The van der Waals surface area contributed by atoms with E-state index < -0.39 is 8.80 Å². The van der Waals surface area contributed by atoms with Gasteiger partial charge in [-0.05, 0) is 41.4 Å². The van der Waals surface area contributed by atoms with Crippen LogP contribution in [0.2, 0.25) is 29.2 Å². The highest BCUT2D eigenvalue weighted by molar-refractivity contribution is 6.55. The third kappa shape index (κ3) is 9.21. The van der Waals surface area contributed by atoms with Crippen molar-refractivity contribution in [3.05, 3.63) is 112 Å². The third-order valence-electron chi connectivity index (χ3n) is 10.4. The first-order chi connectivity index (χ1) is 29.1. The Labute approximate surface area is 359 Å². The van der Waals surface area contributed by atoms with Gasteiger partial charge in [0.05, 0.1) is 47.1 Å². The lowest BCUT2D eigenvalue weighted by Gasteiger charge is -2.34. The average molecular weight is 868 g/mol. The maximum Gasteiger partial charge on any atom is 0.410 e. The number of benzene rings is 3. The first kappa shape index (κ1) is 41.1. The molecule has 0 bridgehead atoms. The van der Waals surface area contributed by atoms with Crippen molar-refractivity contribution in [1.82, 2.24) is 43.8 Å². The molecule has 60 heavy (non-hydrogen) atoms. The fraction of sp³-hybridized carbons (Fsp3) is 0.333. The molecule has 0 atom stereocenters. The van der Waals surface area contributed by atoms with Crippen LogP contribution in [0, 0.1) is 0 Å². The van der Waals surface area contributed by atoms with Gasteiger partial charge in [0.25, 0.3) is 0 Å². The predicted octanol–water partition coefficient (Wildman–Crippen LogP) is 7.58. The summed E-state index contributed by atoms with van der Waals surface area (Å²) in [6.07, 6.45) is 5.18. The number of methoxy groups -OCH3 is 1. The molecular weight excluding hydrogens is 822 g/mol. The molecule has 4 aromatic heterocycles. The van der Waals surface area contributed by atoms with Gasteiger partial charge in [-0.3, -0.25) is 4.68 Å². The highest BCUT2D eigenvalue weighted by Crippen LogP contribution is 2.32. The van der Waals surface area contributed by atoms with Gasteiger partial charge in [0.15, 0.2) is 5.65 Å². The number of hydrogen-bond acceptors (Lipinski definition) is 11. The normalized spacial score (nSPS) is 13.2. The van der Waals surface area contributed by atoms with Crippen molar-refractivity contribution in [2.45, 2.75) is 45.6 Å². The van der Waals surface area contributed by atoms with Gasteiger partial charge < -0.3 is 33.5 Å². The SMILES string of the molecule is COc1ccc(CN(Cc2nc3cc(Cl)c(Cl)cc3n2COCC[Si](C)C)c2nc(N3CCN(C(=O)OCc4ccccc4)CC3)nc3c(-c4cnn(C)c4)cnn23)cc1. The van der Waals surface area contributed by atoms with E-state index in [-0.39, 0.29) is 19.4 Å². The summed E-state index contributed by atoms with van der Waals surface area (Å²) in [7, 11) is 3.06. The molecule has 0 aliphatic carbocycles. The number of fused-ring (bicyclic) bond motifs is 2. The van der Waals surface area contributed by atoms with Crippen LogP contribution in [0.5, 0.6) is 5.75 Å². The maximum absolute atomic E-state index is 13.1. The van der Waals surface area contributed by atoms with E-state index in [2.05, 4.69) is 32.6 Å². The van der Waals surface area contributed by atoms with E-state index >= 15 is 0 Å².